The van der Waals surface area contributed by atoms with E-state index in [9.17, 15) is 14.4 Å². The zero-order valence-corrected chi connectivity index (χ0v) is 13.5. The summed E-state index contributed by atoms with van der Waals surface area (Å²) in [6.07, 6.45) is 0.779. The van der Waals surface area contributed by atoms with Crippen LogP contribution < -0.4 is 15.7 Å². The van der Waals surface area contributed by atoms with Crippen molar-refractivity contribution in [1.29, 1.82) is 0 Å². The number of aliphatic carboxylic acids is 1. The number of hydrogen-bond acceptors (Lipinski definition) is 5. The highest BCUT2D eigenvalue weighted by atomic mass is 16.5. The molecular formula is C17H19NO6. The van der Waals surface area contributed by atoms with Crippen molar-refractivity contribution in [3.05, 3.63) is 40.2 Å². The molecule has 1 heterocycles. The lowest BCUT2D eigenvalue weighted by Crippen LogP contribution is -2.39. The molecule has 0 unspecified atom stereocenters. The molecule has 0 saturated carbocycles. The van der Waals surface area contributed by atoms with Crippen LogP contribution in [-0.2, 0) is 16.0 Å². The third-order valence-corrected chi connectivity index (χ3v) is 3.42. The Bertz CT molecular complexity index is 810. The first-order valence-corrected chi connectivity index (χ1v) is 7.63. The molecule has 0 spiro atoms. The van der Waals surface area contributed by atoms with Crippen LogP contribution in [0.5, 0.6) is 5.75 Å². The van der Waals surface area contributed by atoms with Gasteiger partial charge in [-0.3, -0.25) is 9.59 Å². The highest BCUT2D eigenvalue weighted by Crippen LogP contribution is 2.24. The molecule has 1 aromatic carbocycles. The average molecular weight is 333 g/mol. The fourth-order valence-corrected chi connectivity index (χ4v) is 2.32. The van der Waals surface area contributed by atoms with Crippen LogP contribution in [0, 0.1) is 0 Å². The van der Waals surface area contributed by atoms with Gasteiger partial charge < -0.3 is 19.6 Å². The lowest BCUT2D eigenvalue weighted by atomic mass is 10.1. The van der Waals surface area contributed by atoms with Crippen molar-refractivity contribution < 1.29 is 23.8 Å². The zero-order chi connectivity index (χ0) is 17.7. The van der Waals surface area contributed by atoms with Crippen molar-refractivity contribution in [2.45, 2.75) is 32.8 Å². The van der Waals surface area contributed by atoms with Crippen molar-refractivity contribution in [3.63, 3.8) is 0 Å². The molecule has 1 aromatic heterocycles. The Balaban J connectivity index is 2.20. The van der Waals surface area contributed by atoms with Crippen LogP contribution in [0.1, 0.15) is 25.8 Å². The Morgan fingerprint density at radius 2 is 2.08 bits per heavy atom. The number of hydrogen-bond donors (Lipinski definition) is 2. The Kier molecular flexibility index (Phi) is 5.57. The minimum absolute atomic E-state index is 0.359. The molecule has 0 radical (unpaired) electrons. The number of fused-ring (bicyclic) bond motifs is 1. The maximum atomic E-state index is 11.7. The molecule has 2 N–H and O–H groups in total. The molecule has 0 aliphatic heterocycles. The molecule has 0 bridgehead atoms. The zero-order valence-electron chi connectivity index (χ0n) is 13.5. The summed E-state index contributed by atoms with van der Waals surface area (Å²) in [5, 5.41) is 11.6. The predicted octanol–water partition coefficient (Wildman–Crippen LogP) is 1.71. The summed E-state index contributed by atoms with van der Waals surface area (Å²) >= 11 is 0. The number of ether oxygens (including phenoxy) is 1. The van der Waals surface area contributed by atoms with E-state index in [1.807, 2.05) is 6.92 Å². The van der Waals surface area contributed by atoms with Crippen molar-refractivity contribution >= 4 is 22.8 Å². The second-order valence-electron chi connectivity index (χ2n) is 5.37. The van der Waals surface area contributed by atoms with Crippen molar-refractivity contribution in [1.82, 2.24) is 5.32 Å². The quantitative estimate of drug-likeness (QED) is 0.747. The summed E-state index contributed by atoms with van der Waals surface area (Å²) in [5.74, 6) is -1.32. The van der Waals surface area contributed by atoms with E-state index >= 15 is 0 Å². The van der Waals surface area contributed by atoms with Gasteiger partial charge in [-0.1, -0.05) is 13.3 Å². The third-order valence-electron chi connectivity index (χ3n) is 3.42. The molecule has 128 valence electrons. The number of rotatable bonds is 7. The number of aryl methyl sites for hydroxylation is 1. The summed E-state index contributed by atoms with van der Waals surface area (Å²) in [5.41, 5.74) is 0.861. The third kappa shape index (κ3) is 4.34. The van der Waals surface area contributed by atoms with Gasteiger partial charge in [0.15, 0.2) is 6.10 Å². The summed E-state index contributed by atoms with van der Waals surface area (Å²) in [4.78, 5) is 33.8. The van der Waals surface area contributed by atoms with Crippen molar-refractivity contribution in [3.8, 4) is 5.75 Å². The van der Waals surface area contributed by atoms with Crippen LogP contribution in [0.2, 0.25) is 0 Å². The SMILES string of the molecule is CCCc1cc(=O)oc2cc(O[C@H](C)C(=O)NCC(=O)O)ccc12. The normalized spacial score (nSPS) is 11.9. The Hall–Kier alpha value is -2.83. The van der Waals surface area contributed by atoms with Crippen LogP contribution in [0.25, 0.3) is 11.0 Å². The Morgan fingerprint density at radius 3 is 2.75 bits per heavy atom. The highest BCUT2D eigenvalue weighted by molar-refractivity contribution is 5.85. The van der Waals surface area contributed by atoms with Gasteiger partial charge in [0, 0.05) is 17.5 Å². The molecule has 0 aliphatic carbocycles. The van der Waals surface area contributed by atoms with Gasteiger partial charge in [-0.05, 0) is 31.0 Å². The first kappa shape index (κ1) is 17.5. The van der Waals surface area contributed by atoms with Gasteiger partial charge in [-0.2, -0.15) is 0 Å². The molecule has 2 aromatic rings. The molecule has 1 amide bonds. The number of carboxylic acid groups (broad SMARTS) is 1. The summed E-state index contributed by atoms with van der Waals surface area (Å²) < 4.78 is 10.7. The van der Waals surface area contributed by atoms with E-state index in [2.05, 4.69) is 5.32 Å². The van der Waals surface area contributed by atoms with Crippen LogP contribution in [0.15, 0.2) is 33.5 Å². The smallest absolute Gasteiger partial charge is 0.336 e. The van der Waals surface area contributed by atoms with E-state index in [0.29, 0.717) is 11.3 Å². The molecule has 0 fully saturated rings. The average Bonchev–Trinajstić information content (AvgIpc) is 2.52. The number of carbonyl (C=O) groups excluding carboxylic acids is 1. The molecular weight excluding hydrogens is 314 g/mol. The number of carboxylic acids is 1. The predicted molar refractivity (Wildman–Crippen MR) is 87.2 cm³/mol. The molecule has 2 rings (SSSR count). The van der Waals surface area contributed by atoms with E-state index in [1.54, 1.807) is 18.2 Å². The van der Waals surface area contributed by atoms with Crippen LogP contribution in [-0.4, -0.2) is 29.6 Å². The second kappa shape index (κ2) is 7.63. The lowest BCUT2D eigenvalue weighted by Gasteiger charge is -2.14. The van der Waals surface area contributed by atoms with E-state index in [0.717, 1.165) is 23.8 Å². The van der Waals surface area contributed by atoms with Crippen molar-refractivity contribution in [2.24, 2.45) is 0 Å². The molecule has 24 heavy (non-hydrogen) atoms. The van der Waals surface area contributed by atoms with E-state index < -0.39 is 30.2 Å². The monoisotopic (exact) mass is 333 g/mol. The molecule has 0 aliphatic rings. The second-order valence-corrected chi connectivity index (χ2v) is 5.37. The van der Waals surface area contributed by atoms with Crippen molar-refractivity contribution in [2.75, 3.05) is 6.54 Å². The van der Waals surface area contributed by atoms with Crippen LogP contribution in [0.3, 0.4) is 0 Å². The van der Waals surface area contributed by atoms with Gasteiger partial charge in [-0.25, -0.2) is 4.79 Å². The number of amides is 1. The van der Waals surface area contributed by atoms with Gasteiger partial charge >= 0.3 is 11.6 Å². The van der Waals surface area contributed by atoms with E-state index in [1.165, 1.54) is 13.0 Å². The fourth-order valence-electron chi connectivity index (χ4n) is 2.32. The van der Waals surface area contributed by atoms with Gasteiger partial charge in [0.2, 0.25) is 0 Å². The topological polar surface area (TPSA) is 106 Å². The summed E-state index contributed by atoms with van der Waals surface area (Å²) in [6, 6.07) is 6.49. The van der Waals surface area contributed by atoms with Crippen LogP contribution in [0.4, 0.5) is 0 Å². The largest absolute Gasteiger partial charge is 0.481 e. The number of nitrogens with one attached hydrogen (secondary N) is 1. The van der Waals surface area contributed by atoms with E-state index in [4.69, 9.17) is 14.3 Å². The standard InChI is InChI=1S/C17H19NO6/c1-3-4-11-7-16(21)24-14-8-12(5-6-13(11)14)23-10(2)17(22)18-9-15(19)20/h5-8,10H,3-4,9H2,1-2H3,(H,18,22)(H,19,20)/t10-/m1/s1. The highest BCUT2D eigenvalue weighted by Gasteiger charge is 2.16. The minimum Gasteiger partial charge on any atom is -0.481 e. The summed E-state index contributed by atoms with van der Waals surface area (Å²) in [7, 11) is 0. The van der Waals surface area contributed by atoms with Gasteiger partial charge in [0.05, 0.1) is 0 Å². The molecule has 7 nitrogen and oxygen atoms in total. The number of carbonyl (C=O) groups is 2. The van der Waals surface area contributed by atoms with Crippen LogP contribution >= 0.6 is 0 Å². The molecule has 7 heteroatoms. The summed E-state index contributed by atoms with van der Waals surface area (Å²) in [6.45, 7) is 3.06. The maximum Gasteiger partial charge on any atom is 0.336 e. The van der Waals surface area contributed by atoms with Gasteiger partial charge in [0.1, 0.15) is 17.9 Å². The van der Waals surface area contributed by atoms with Gasteiger partial charge in [-0.15, -0.1) is 0 Å². The van der Waals surface area contributed by atoms with E-state index in [-0.39, 0.29) is 0 Å². The lowest BCUT2D eigenvalue weighted by molar-refractivity contribution is -0.139. The maximum absolute atomic E-state index is 11.7. The molecule has 1 atom stereocenters. The Labute approximate surface area is 138 Å². The Morgan fingerprint density at radius 1 is 1.33 bits per heavy atom. The van der Waals surface area contributed by atoms with Gasteiger partial charge in [0.25, 0.3) is 5.91 Å². The molecule has 0 saturated heterocycles. The first-order valence-electron chi connectivity index (χ1n) is 7.63. The number of benzene rings is 1. The first-order chi connectivity index (χ1) is 11.4. The fraction of sp³-hybridized carbons (Fsp3) is 0.353. The minimum atomic E-state index is -1.13.